The maximum Gasteiger partial charge on any atom is 0.217 e. The number of piperidine rings is 1. The molecule has 6 nitrogen and oxygen atoms in total. The van der Waals surface area contributed by atoms with Crippen molar-refractivity contribution in [2.45, 2.75) is 43.2 Å². The van der Waals surface area contributed by atoms with E-state index in [2.05, 4.69) is 9.88 Å². The van der Waals surface area contributed by atoms with Crippen molar-refractivity contribution < 1.29 is 13.2 Å². The Hall–Kier alpha value is -1.02. The van der Waals surface area contributed by atoms with Gasteiger partial charge in [0.1, 0.15) is 0 Å². The molecular formula is C16H23N3O3S. The van der Waals surface area contributed by atoms with E-state index in [0.717, 1.165) is 44.6 Å². The van der Waals surface area contributed by atoms with Crippen LogP contribution < -0.4 is 0 Å². The van der Waals surface area contributed by atoms with Crippen LogP contribution in [0.2, 0.25) is 0 Å². The van der Waals surface area contributed by atoms with Gasteiger partial charge in [0.25, 0.3) is 0 Å². The summed E-state index contributed by atoms with van der Waals surface area (Å²) in [5, 5.41) is -0.146. The highest BCUT2D eigenvalue weighted by Crippen LogP contribution is 2.35. The first-order valence-electron chi connectivity index (χ1n) is 8.39. The maximum absolute atomic E-state index is 12.7. The molecular weight excluding hydrogens is 314 g/mol. The highest BCUT2D eigenvalue weighted by Gasteiger charge is 2.47. The number of aromatic nitrogens is 1. The normalized spacial score (nSPS) is 30.1. The van der Waals surface area contributed by atoms with Gasteiger partial charge in [0.05, 0.1) is 29.7 Å². The van der Waals surface area contributed by atoms with E-state index >= 15 is 0 Å². The van der Waals surface area contributed by atoms with Crippen LogP contribution >= 0.6 is 0 Å². The molecule has 1 aliphatic carbocycles. The van der Waals surface area contributed by atoms with Crippen molar-refractivity contribution >= 4 is 10.0 Å². The highest BCUT2D eigenvalue weighted by molar-refractivity contribution is 7.90. The largest absolute Gasteiger partial charge is 0.375 e. The second kappa shape index (κ2) is 6.12. The Morgan fingerprint density at radius 3 is 2.83 bits per heavy atom. The number of ether oxygens (including phenoxy) is 1. The number of hydrogen-bond acceptors (Lipinski definition) is 5. The lowest BCUT2D eigenvalue weighted by Gasteiger charge is -2.46. The minimum atomic E-state index is -3.14. The quantitative estimate of drug-likeness (QED) is 0.815. The number of fused-ring (bicyclic) bond motifs is 1. The van der Waals surface area contributed by atoms with Crippen LogP contribution in [0.5, 0.6) is 0 Å². The van der Waals surface area contributed by atoms with Gasteiger partial charge in [-0.25, -0.2) is 8.42 Å². The minimum absolute atomic E-state index is 0.0391. The fourth-order valence-electron chi connectivity index (χ4n) is 3.64. The van der Waals surface area contributed by atoms with Gasteiger partial charge in [-0.05, 0) is 31.4 Å². The van der Waals surface area contributed by atoms with Gasteiger partial charge in [-0.15, -0.1) is 0 Å². The van der Waals surface area contributed by atoms with Crippen LogP contribution in [0.25, 0.3) is 0 Å². The summed E-state index contributed by atoms with van der Waals surface area (Å²) in [6.07, 6.45) is 4.35. The SMILES string of the molecule is O=S(=O)(C1CC1)N1CCO[C@H]2CCN(Cc3ccccn3)C[C@H]21. The molecule has 0 radical (unpaired) electrons. The van der Waals surface area contributed by atoms with E-state index in [9.17, 15) is 8.42 Å². The standard InChI is InChI=1S/C16H23N3O3S/c20-23(21,14-4-5-14)19-9-10-22-16-6-8-18(12-15(16)19)11-13-3-1-2-7-17-13/h1-3,7,14-16H,4-6,8-12H2/t15-,16+/m1/s1. The van der Waals surface area contributed by atoms with Crippen LogP contribution in [0.4, 0.5) is 0 Å². The second-order valence-corrected chi connectivity index (χ2v) is 8.84. The zero-order valence-electron chi connectivity index (χ0n) is 13.2. The Morgan fingerprint density at radius 2 is 2.09 bits per heavy atom. The van der Waals surface area contributed by atoms with Gasteiger partial charge in [0.2, 0.25) is 10.0 Å². The molecule has 0 amide bonds. The first-order chi connectivity index (χ1) is 11.1. The molecule has 4 rings (SSSR count). The van der Waals surface area contributed by atoms with E-state index < -0.39 is 10.0 Å². The van der Waals surface area contributed by atoms with Crippen LogP contribution in [-0.4, -0.2) is 66.2 Å². The number of hydrogen-bond donors (Lipinski definition) is 0. The molecule has 1 aromatic rings. The second-order valence-electron chi connectivity index (χ2n) is 6.68. The Morgan fingerprint density at radius 1 is 1.22 bits per heavy atom. The third kappa shape index (κ3) is 3.15. The fraction of sp³-hybridized carbons (Fsp3) is 0.688. The Kier molecular flexibility index (Phi) is 4.13. The number of pyridine rings is 1. The van der Waals surface area contributed by atoms with Gasteiger partial charge in [-0.1, -0.05) is 6.07 Å². The van der Waals surface area contributed by atoms with Gasteiger partial charge in [0, 0.05) is 32.4 Å². The van der Waals surface area contributed by atoms with Crippen LogP contribution in [0.15, 0.2) is 24.4 Å². The predicted octanol–water partition coefficient (Wildman–Crippen LogP) is 0.849. The molecule has 23 heavy (non-hydrogen) atoms. The Bertz CT molecular complexity index is 648. The molecule has 126 valence electrons. The molecule has 0 unspecified atom stereocenters. The van der Waals surface area contributed by atoms with Crippen molar-refractivity contribution in [3.63, 3.8) is 0 Å². The first-order valence-corrected chi connectivity index (χ1v) is 9.89. The van der Waals surface area contributed by atoms with E-state index in [1.165, 1.54) is 0 Å². The number of rotatable bonds is 4. The average Bonchev–Trinajstić information content (AvgIpc) is 3.40. The molecule has 7 heteroatoms. The van der Waals surface area contributed by atoms with Crippen LogP contribution in [0.3, 0.4) is 0 Å². The molecule has 0 aromatic carbocycles. The molecule has 2 aliphatic heterocycles. The lowest BCUT2D eigenvalue weighted by Crippen LogP contribution is -2.61. The topological polar surface area (TPSA) is 62.7 Å². The zero-order valence-corrected chi connectivity index (χ0v) is 14.0. The third-order valence-corrected chi connectivity index (χ3v) is 7.42. The molecule has 2 saturated heterocycles. The smallest absolute Gasteiger partial charge is 0.217 e. The molecule has 1 saturated carbocycles. The summed E-state index contributed by atoms with van der Waals surface area (Å²) < 4.78 is 33.0. The van der Waals surface area contributed by atoms with E-state index in [-0.39, 0.29) is 17.4 Å². The number of likely N-dealkylation sites (tertiary alicyclic amines) is 1. The summed E-state index contributed by atoms with van der Waals surface area (Å²) in [5.41, 5.74) is 1.03. The van der Waals surface area contributed by atoms with E-state index in [0.29, 0.717) is 13.2 Å². The summed E-state index contributed by atoms with van der Waals surface area (Å²) in [4.78, 5) is 6.68. The lowest BCUT2D eigenvalue weighted by atomic mass is 10.0. The summed E-state index contributed by atoms with van der Waals surface area (Å²) in [5.74, 6) is 0. The summed E-state index contributed by atoms with van der Waals surface area (Å²) in [6.45, 7) is 3.44. The Labute approximate surface area is 137 Å². The van der Waals surface area contributed by atoms with Gasteiger partial charge < -0.3 is 4.74 Å². The molecule has 3 aliphatic rings. The van der Waals surface area contributed by atoms with Crippen LogP contribution in [-0.2, 0) is 21.3 Å². The van der Waals surface area contributed by atoms with Gasteiger partial charge in [-0.2, -0.15) is 4.31 Å². The zero-order chi connectivity index (χ0) is 15.9. The minimum Gasteiger partial charge on any atom is -0.375 e. The summed E-state index contributed by atoms with van der Waals surface area (Å²) in [7, 11) is -3.14. The molecule has 0 spiro atoms. The summed E-state index contributed by atoms with van der Waals surface area (Å²) in [6, 6.07) is 5.87. The number of nitrogens with zero attached hydrogens (tertiary/aromatic N) is 3. The highest BCUT2D eigenvalue weighted by atomic mass is 32.2. The predicted molar refractivity (Wildman–Crippen MR) is 86.3 cm³/mol. The first kappa shape index (κ1) is 15.5. The van der Waals surface area contributed by atoms with Gasteiger partial charge >= 0.3 is 0 Å². The molecule has 3 heterocycles. The molecule has 2 atom stereocenters. The molecule has 1 aromatic heterocycles. The van der Waals surface area contributed by atoms with Crippen molar-refractivity contribution in [2.24, 2.45) is 0 Å². The molecule has 0 bridgehead atoms. The molecule has 0 N–H and O–H groups in total. The lowest BCUT2D eigenvalue weighted by molar-refractivity contribution is -0.0772. The fourth-order valence-corrected chi connectivity index (χ4v) is 5.67. The van der Waals surface area contributed by atoms with E-state index in [1.54, 1.807) is 10.5 Å². The van der Waals surface area contributed by atoms with Crippen LogP contribution in [0.1, 0.15) is 25.0 Å². The monoisotopic (exact) mass is 337 g/mol. The van der Waals surface area contributed by atoms with Gasteiger partial charge in [0.15, 0.2) is 0 Å². The van der Waals surface area contributed by atoms with Gasteiger partial charge in [-0.3, -0.25) is 9.88 Å². The van der Waals surface area contributed by atoms with Crippen molar-refractivity contribution in [1.82, 2.24) is 14.2 Å². The van der Waals surface area contributed by atoms with Crippen molar-refractivity contribution in [3.05, 3.63) is 30.1 Å². The summed E-state index contributed by atoms with van der Waals surface area (Å²) >= 11 is 0. The van der Waals surface area contributed by atoms with Crippen molar-refractivity contribution in [2.75, 3.05) is 26.2 Å². The van der Waals surface area contributed by atoms with Crippen LogP contribution in [0, 0.1) is 0 Å². The van der Waals surface area contributed by atoms with Crippen molar-refractivity contribution in [1.29, 1.82) is 0 Å². The number of sulfonamides is 1. The van der Waals surface area contributed by atoms with E-state index in [4.69, 9.17) is 4.74 Å². The van der Waals surface area contributed by atoms with Crippen molar-refractivity contribution in [3.8, 4) is 0 Å². The average molecular weight is 337 g/mol. The third-order valence-electron chi connectivity index (χ3n) is 5.00. The number of morpholine rings is 1. The van der Waals surface area contributed by atoms with E-state index in [1.807, 2.05) is 18.2 Å². The Balaban J connectivity index is 1.49. The molecule has 3 fully saturated rings. The maximum atomic E-state index is 12.7.